The molecule has 10 heteroatoms. The van der Waals surface area contributed by atoms with Gasteiger partial charge in [-0.15, -0.1) is 12.6 Å². The molecule has 1 aromatic heterocycles. The summed E-state index contributed by atoms with van der Waals surface area (Å²) >= 11 is 14.9. The van der Waals surface area contributed by atoms with Gasteiger partial charge >= 0.3 is 0 Å². The van der Waals surface area contributed by atoms with Crippen LogP contribution in [0.3, 0.4) is 0 Å². The lowest BCUT2D eigenvalue weighted by Crippen LogP contribution is -2.22. The smallest absolute Gasteiger partial charge is 0.246 e. The molecular formula is C25H29ClN4O3S2. The third kappa shape index (κ3) is 7.70. The normalized spacial score (nSPS) is 12.7. The average Bonchev–Trinajstić information content (AvgIpc) is 3.54. The van der Waals surface area contributed by atoms with Gasteiger partial charge in [-0.2, -0.15) is 5.10 Å². The van der Waals surface area contributed by atoms with Crippen molar-refractivity contribution in [1.82, 2.24) is 19.7 Å². The molecule has 0 aliphatic carbocycles. The van der Waals surface area contributed by atoms with Crippen molar-refractivity contribution in [2.24, 2.45) is 0 Å². The molecule has 3 aromatic rings. The lowest BCUT2D eigenvalue weighted by molar-refractivity contribution is -0.159. The summed E-state index contributed by atoms with van der Waals surface area (Å²) in [6, 6.07) is 17.0. The molecular weight excluding hydrogens is 504 g/mol. The maximum absolute atomic E-state index is 11.7. The van der Waals surface area contributed by atoms with Gasteiger partial charge < -0.3 is 9.64 Å². The van der Waals surface area contributed by atoms with Crippen LogP contribution in [0.25, 0.3) is 16.9 Å². The van der Waals surface area contributed by atoms with E-state index in [9.17, 15) is 10.0 Å². The number of amides is 1. The van der Waals surface area contributed by atoms with Gasteiger partial charge in [-0.05, 0) is 55.3 Å². The number of carbonyl (C=O) groups excluding carboxylic acids is 1. The Bertz CT molecular complexity index is 1130. The molecule has 0 bridgehead atoms. The molecule has 0 unspecified atom stereocenters. The molecule has 0 saturated carbocycles. The first kappa shape index (κ1) is 27.0. The third-order valence-electron chi connectivity index (χ3n) is 5.55. The predicted molar refractivity (Wildman–Crippen MR) is 146 cm³/mol. The molecule has 1 fully saturated rings. The van der Waals surface area contributed by atoms with Crippen molar-refractivity contribution in [3.05, 3.63) is 65.3 Å². The summed E-state index contributed by atoms with van der Waals surface area (Å²) in [4.78, 5) is 13.8. The fraction of sp³-hybridized carbons (Fsp3) is 0.320. The highest BCUT2D eigenvalue weighted by atomic mass is 35.5. The van der Waals surface area contributed by atoms with E-state index < -0.39 is 0 Å². The van der Waals surface area contributed by atoms with Gasteiger partial charge in [-0.1, -0.05) is 36.0 Å². The van der Waals surface area contributed by atoms with Gasteiger partial charge in [0.1, 0.15) is 10.1 Å². The summed E-state index contributed by atoms with van der Waals surface area (Å²) in [6.07, 6.45) is 3.15. The number of hydroxylamine groups is 2. The van der Waals surface area contributed by atoms with Crippen LogP contribution < -0.4 is 4.74 Å². The Kier molecular flexibility index (Phi) is 9.97. The number of halogens is 1. The van der Waals surface area contributed by atoms with Crippen molar-refractivity contribution in [2.45, 2.75) is 25.7 Å². The van der Waals surface area contributed by atoms with Crippen molar-refractivity contribution >= 4 is 46.7 Å². The van der Waals surface area contributed by atoms with E-state index in [-0.39, 0.29) is 12.3 Å². The molecule has 2 heterocycles. The molecule has 1 N–H and O–H groups in total. The summed E-state index contributed by atoms with van der Waals surface area (Å²) in [6.45, 7) is 2.23. The predicted octanol–water partition coefficient (Wildman–Crippen LogP) is 5.28. The number of methoxy groups -OCH3 is 1. The van der Waals surface area contributed by atoms with Crippen LogP contribution in [-0.4, -0.2) is 62.4 Å². The molecule has 1 aliphatic rings. The number of ether oxygens (including phenoxy) is 1. The monoisotopic (exact) mass is 532 g/mol. The van der Waals surface area contributed by atoms with Crippen LogP contribution in [0.1, 0.15) is 25.0 Å². The van der Waals surface area contributed by atoms with Crippen molar-refractivity contribution in [1.29, 1.82) is 0 Å². The van der Waals surface area contributed by atoms with Crippen LogP contribution in [0.4, 0.5) is 0 Å². The fourth-order valence-corrected chi connectivity index (χ4v) is 4.11. The highest BCUT2D eigenvalue weighted by Gasteiger charge is 2.14. The zero-order chi connectivity index (χ0) is 25.4. The Hall–Kier alpha value is -2.59. The number of aromatic nitrogens is 2. The quantitative estimate of drug-likeness (QED) is 0.195. The Morgan fingerprint density at radius 1 is 1.17 bits per heavy atom. The van der Waals surface area contributed by atoms with Gasteiger partial charge in [0.25, 0.3) is 0 Å². The lowest BCUT2D eigenvalue weighted by Gasteiger charge is -2.12. The first-order valence-electron chi connectivity index (χ1n) is 11.2. The average molecular weight is 533 g/mol. The van der Waals surface area contributed by atoms with E-state index >= 15 is 0 Å². The van der Waals surface area contributed by atoms with Gasteiger partial charge in [0.2, 0.25) is 5.91 Å². The number of hydrogen-bond acceptors (Lipinski definition) is 5. The van der Waals surface area contributed by atoms with E-state index in [2.05, 4.69) is 22.6 Å². The van der Waals surface area contributed by atoms with Crippen LogP contribution in [0, 0.1) is 0 Å². The second kappa shape index (κ2) is 12.9. The fourth-order valence-electron chi connectivity index (χ4n) is 3.60. The zero-order valence-electron chi connectivity index (χ0n) is 19.7. The number of hydrogen-bond donors (Lipinski definition) is 2. The van der Waals surface area contributed by atoms with Crippen LogP contribution >= 0.6 is 36.4 Å². The van der Waals surface area contributed by atoms with Crippen molar-refractivity contribution < 1.29 is 14.7 Å². The minimum atomic E-state index is -0.359. The maximum Gasteiger partial charge on any atom is 0.246 e. The van der Waals surface area contributed by atoms with Crippen LogP contribution in [0.15, 0.2) is 54.6 Å². The molecule has 2 aromatic carbocycles. The molecule has 7 nitrogen and oxygen atoms in total. The van der Waals surface area contributed by atoms with Crippen LogP contribution in [0.5, 0.6) is 5.75 Å². The maximum atomic E-state index is 11.7. The number of thiol groups is 1. The number of aryl methyl sites for hydroxylation is 1. The number of nitrogens with zero attached hydrogens (tertiary/aromatic N) is 4. The zero-order valence-corrected chi connectivity index (χ0v) is 22.2. The molecule has 186 valence electrons. The van der Waals surface area contributed by atoms with Crippen LogP contribution in [0.2, 0.25) is 5.02 Å². The summed E-state index contributed by atoms with van der Waals surface area (Å²) in [5.41, 5.74) is 3.47. The summed E-state index contributed by atoms with van der Waals surface area (Å²) in [5, 5.41) is 15.1. The van der Waals surface area contributed by atoms with Gasteiger partial charge in [0, 0.05) is 43.6 Å². The summed E-state index contributed by atoms with van der Waals surface area (Å²) in [7, 11) is 2.94. The molecule has 4 rings (SSSR count). The lowest BCUT2D eigenvalue weighted by atomic mass is 10.1. The molecule has 1 aliphatic heterocycles. The molecule has 0 spiro atoms. The third-order valence-corrected chi connectivity index (χ3v) is 6.34. The van der Waals surface area contributed by atoms with Crippen LogP contribution in [-0.2, 0) is 11.2 Å². The Labute approximate surface area is 221 Å². The minimum Gasteiger partial charge on any atom is -0.497 e. The minimum absolute atomic E-state index is 0.173. The number of likely N-dealkylation sites (tertiary alicyclic amines) is 1. The SMILES string of the molecule is COc1ccc(-n2nc(CCC(=O)N(C)O)cc2-c2ccc(Cl)cc2)cc1.S=C(S)N1CCCC1. The highest BCUT2D eigenvalue weighted by Crippen LogP contribution is 2.27. The van der Waals surface area contributed by atoms with E-state index in [1.165, 1.54) is 19.9 Å². The second-order valence-electron chi connectivity index (χ2n) is 8.03. The molecule has 0 atom stereocenters. The van der Waals surface area contributed by atoms with Gasteiger partial charge in [-0.3, -0.25) is 10.0 Å². The van der Waals surface area contributed by atoms with Gasteiger partial charge in [0.15, 0.2) is 0 Å². The van der Waals surface area contributed by atoms with E-state index in [0.29, 0.717) is 16.5 Å². The van der Waals surface area contributed by atoms with Crippen molar-refractivity contribution in [3.63, 3.8) is 0 Å². The second-order valence-corrected chi connectivity index (χ2v) is 9.58. The van der Waals surface area contributed by atoms with E-state index in [1.807, 2.05) is 59.3 Å². The van der Waals surface area contributed by atoms with E-state index in [0.717, 1.165) is 45.8 Å². The number of benzene rings is 2. The van der Waals surface area contributed by atoms with Crippen molar-refractivity contribution in [3.8, 4) is 22.7 Å². The first-order valence-corrected chi connectivity index (χ1v) is 12.4. The topological polar surface area (TPSA) is 70.8 Å². The summed E-state index contributed by atoms with van der Waals surface area (Å²) < 4.78 is 7.79. The summed E-state index contributed by atoms with van der Waals surface area (Å²) in [5.74, 6) is 0.401. The standard InChI is InChI=1S/C20H20ClN3O3.C5H9NS2/c1-23(26)20(25)12-7-16-13-19(14-3-5-15(21)6-4-14)24(22-16)17-8-10-18(27-2)11-9-17;7-5(8)6-3-1-2-4-6/h3-6,8-11,13,26H,7,12H2,1-2H3;1-4H2,(H,7,8). The van der Waals surface area contributed by atoms with Gasteiger partial charge in [-0.25, -0.2) is 9.75 Å². The first-order chi connectivity index (χ1) is 16.8. The molecule has 35 heavy (non-hydrogen) atoms. The number of rotatable bonds is 6. The van der Waals surface area contributed by atoms with E-state index in [1.54, 1.807) is 7.11 Å². The Morgan fingerprint density at radius 3 is 2.31 bits per heavy atom. The molecule has 0 radical (unpaired) electrons. The molecule has 1 saturated heterocycles. The Morgan fingerprint density at radius 2 is 1.80 bits per heavy atom. The largest absolute Gasteiger partial charge is 0.497 e. The molecule has 1 amide bonds. The number of thiocarbonyl (C=S) groups is 1. The number of carbonyl (C=O) groups is 1. The Balaban J connectivity index is 0.000000363. The van der Waals surface area contributed by atoms with Gasteiger partial charge in [0.05, 0.1) is 24.2 Å². The highest BCUT2D eigenvalue weighted by molar-refractivity contribution is 8.10. The van der Waals surface area contributed by atoms with E-state index in [4.69, 9.17) is 28.6 Å². The van der Waals surface area contributed by atoms with Crippen molar-refractivity contribution in [2.75, 3.05) is 27.2 Å².